The highest BCUT2D eigenvalue weighted by Gasteiger charge is 2.10. The van der Waals surface area contributed by atoms with Crippen molar-refractivity contribution in [1.29, 1.82) is 0 Å². The van der Waals surface area contributed by atoms with Gasteiger partial charge in [-0.3, -0.25) is 9.89 Å². The lowest BCUT2D eigenvalue weighted by Crippen LogP contribution is -2.29. The summed E-state index contributed by atoms with van der Waals surface area (Å²) in [6.07, 6.45) is -0.203. The Labute approximate surface area is 91.6 Å². The molecule has 0 bridgehead atoms. The Bertz CT molecular complexity index is 376. The molecule has 1 heterocycles. The predicted molar refractivity (Wildman–Crippen MR) is 53.6 cm³/mol. The number of carbonyl (C=O) groups is 2. The Morgan fingerprint density at radius 2 is 2.31 bits per heavy atom. The topological polar surface area (TPSA) is 123 Å². The molecule has 0 fully saturated rings. The van der Waals surface area contributed by atoms with E-state index in [0.717, 1.165) is 0 Å². The highest BCUT2D eigenvalue weighted by Crippen LogP contribution is 1.92. The van der Waals surface area contributed by atoms with Gasteiger partial charge < -0.3 is 15.8 Å². The largest absolute Gasteiger partial charge is 0.448 e. The SMILES string of the molecule is CCc1nc(C(=O)NCCOC(N)=O)n[nH]1. The number of hydrogen-bond acceptors (Lipinski definition) is 5. The van der Waals surface area contributed by atoms with Crippen molar-refractivity contribution in [3.8, 4) is 0 Å². The maximum atomic E-state index is 11.4. The second-order valence-electron chi connectivity index (χ2n) is 2.88. The fourth-order valence-electron chi connectivity index (χ4n) is 0.950. The number of nitrogens with zero attached hydrogens (tertiary/aromatic N) is 2. The zero-order chi connectivity index (χ0) is 12.0. The van der Waals surface area contributed by atoms with E-state index < -0.39 is 12.0 Å². The molecule has 0 aromatic carbocycles. The van der Waals surface area contributed by atoms with E-state index in [4.69, 9.17) is 5.73 Å². The van der Waals surface area contributed by atoms with Crippen LogP contribution in [0, 0.1) is 0 Å². The van der Waals surface area contributed by atoms with Crippen molar-refractivity contribution in [1.82, 2.24) is 20.5 Å². The molecular formula is C8H13N5O3. The number of ether oxygens (including phenoxy) is 1. The molecular weight excluding hydrogens is 214 g/mol. The number of nitrogens with two attached hydrogens (primary N) is 1. The number of hydrogen-bond donors (Lipinski definition) is 3. The second kappa shape index (κ2) is 5.69. The van der Waals surface area contributed by atoms with Crippen LogP contribution in [-0.2, 0) is 11.2 Å². The molecule has 0 saturated carbocycles. The molecule has 0 aliphatic carbocycles. The molecule has 0 spiro atoms. The molecule has 0 radical (unpaired) electrons. The predicted octanol–water partition coefficient (Wildman–Crippen LogP) is -0.808. The third-order valence-corrected chi connectivity index (χ3v) is 1.70. The Morgan fingerprint density at radius 3 is 2.88 bits per heavy atom. The van der Waals surface area contributed by atoms with Gasteiger partial charge in [-0.1, -0.05) is 6.92 Å². The molecule has 8 heteroatoms. The van der Waals surface area contributed by atoms with Crippen LogP contribution in [0.15, 0.2) is 0 Å². The number of H-pyrrole nitrogens is 1. The molecule has 8 nitrogen and oxygen atoms in total. The van der Waals surface area contributed by atoms with Gasteiger partial charge in [-0.2, -0.15) is 0 Å². The molecule has 4 N–H and O–H groups in total. The summed E-state index contributed by atoms with van der Waals surface area (Å²) in [4.78, 5) is 25.5. The summed E-state index contributed by atoms with van der Waals surface area (Å²) in [7, 11) is 0. The Morgan fingerprint density at radius 1 is 1.56 bits per heavy atom. The van der Waals surface area contributed by atoms with Crippen LogP contribution in [0.4, 0.5) is 4.79 Å². The van der Waals surface area contributed by atoms with Gasteiger partial charge in [0.2, 0.25) is 5.82 Å². The lowest BCUT2D eigenvalue weighted by Gasteiger charge is -2.01. The van der Waals surface area contributed by atoms with Gasteiger partial charge in [0.1, 0.15) is 12.4 Å². The molecule has 2 amide bonds. The van der Waals surface area contributed by atoms with Crippen LogP contribution in [0.25, 0.3) is 0 Å². The lowest BCUT2D eigenvalue weighted by molar-refractivity contribution is 0.0927. The van der Waals surface area contributed by atoms with Crippen molar-refractivity contribution < 1.29 is 14.3 Å². The lowest BCUT2D eigenvalue weighted by atomic mass is 10.4. The van der Waals surface area contributed by atoms with E-state index in [2.05, 4.69) is 25.2 Å². The standard InChI is InChI=1S/C8H13N5O3/c1-2-5-11-6(13-12-5)7(14)10-3-4-16-8(9)15/h2-4H2,1H3,(H2,9,15)(H,10,14)(H,11,12,13). The molecule has 16 heavy (non-hydrogen) atoms. The van der Waals surface area contributed by atoms with Crippen LogP contribution in [0.5, 0.6) is 0 Å². The van der Waals surface area contributed by atoms with Gasteiger partial charge >= 0.3 is 6.09 Å². The van der Waals surface area contributed by atoms with Crippen molar-refractivity contribution in [2.75, 3.05) is 13.2 Å². The minimum Gasteiger partial charge on any atom is -0.448 e. The van der Waals surface area contributed by atoms with Gasteiger partial charge in [-0.05, 0) is 0 Å². The molecule has 0 saturated heterocycles. The average molecular weight is 227 g/mol. The van der Waals surface area contributed by atoms with Gasteiger partial charge in [-0.25, -0.2) is 9.78 Å². The number of aromatic amines is 1. The average Bonchev–Trinajstić information content (AvgIpc) is 2.72. The van der Waals surface area contributed by atoms with Crippen molar-refractivity contribution in [2.24, 2.45) is 5.73 Å². The molecule has 0 aliphatic rings. The van der Waals surface area contributed by atoms with Crippen LogP contribution in [0.2, 0.25) is 0 Å². The Kier molecular flexibility index (Phi) is 4.25. The van der Waals surface area contributed by atoms with Gasteiger partial charge in [0.25, 0.3) is 5.91 Å². The molecule has 1 rings (SSSR count). The van der Waals surface area contributed by atoms with Gasteiger partial charge in [0, 0.05) is 6.42 Å². The van der Waals surface area contributed by atoms with Crippen molar-refractivity contribution in [3.05, 3.63) is 11.6 Å². The minimum atomic E-state index is -0.875. The Balaban J connectivity index is 2.32. The fraction of sp³-hybridized carbons (Fsp3) is 0.500. The second-order valence-corrected chi connectivity index (χ2v) is 2.88. The number of rotatable bonds is 5. The normalized spacial score (nSPS) is 9.81. The van der Waals surface area contributed by atoms with E-state index in [-0.39, 0.29) is 19.0 Å². The summed E-state index contributed by atoms with van der Waals surface area (Å²) in [6, 6.07) is 0. The van der Waals surface area contributed by atoms with E-state index in [1.54, 1.807) is 0 Å². The van der Waals surface area contributed by atoms with Crippen LogP contribution in [0.1, 0.15) is 23.4 Å². The van der Waals surface area contributed by atoms with Crippen molar-refractivity contribution >= 4 is 12.0 Å². The first-order chi connectivity index (χ1) is 7.63. The minimum absolute atomic E-state index is 0.0200. The molecule has 0 unspecified atom stereocenters. The van der Waals surface area contributed by atoms with Crippen LogP contribution in [-0.4, -0.2) is 40.3 Å². The summed E-state index contributed by atoms with van der Waals surface area (Å²) in [5.74, 6) is 0.276. The van der Waals surface area contributed by atoms with E-state index in [1.165, 1.54) is 0 Å². The van der Waals surface area contributed by atoms with E-state index in [1.807, 2.05) is 6.92 Å². The van der Waals surface area contributed by atoms with Crippen molar-refractivity contribution in [2.45, 2.75) is 13.3 Å². The first-order valence-corrected chi connectivity index (χ1v) is 4.75. The van der Waals surface area contributed by atoms with Gasteiger partial charge in [-0.15, -0.1) is 5.10 Å². The summed E-state index contributed by atoms with van der Waals surface area (Å²) in [5, 5.41) is 8.81. The van der Waals surface area contributed by atoms with Crippen molar-refractivity contribution in [3.63, 3.8) is 0 Å². The molecule has 0 atom stereocenters. The molecule has 1 aromatic rings. The number of carbonyl (C=O) groups excluding carboxylic acids is 2. The number of amides is 2. The van der Waals surface area contributed by atoms with Gasteiger partial charge in [0.05, 0.1) is 6.54 Å². The van der Waals surface area contributed by atoms with Crippen LogP contribution in [0.3, 0.4) is 0 Å². The van der Waals surface area contributed by atoms with Crippen LogP contribution >= 0.6 is 0 Å². The van der Waals surface area contributed by atoms with E-state index in [0.29, 0.717) is 12.2 Å². The van der Waals surface area contributed by atoms with Gasteiger partial charge in [0.15, 0.2) is 0 Å². The summed E-state index contributed by atoms with van der Waals surface area (Å²) in [6.45, 7) is 2.08. The van der Waals surface area contributed by atoms with E-state index >= 15 is 0 Å². The zero-order valence-electron chi connectivity index (χ0n) is 8.82. The maximum Gasteiger partial charge on any atom is 0.404 e. The number of aryl methyl sites for hydroxylation is 1. The summed E-state index contributed by atoms with van der Waals surface area (Å²) >= 11 is 0. The Hall–Kier alpha value is -2.12. The summed E-state index contributed by atoms with van der Waals surface area (Å²) in [5.41, 5.74) is 4.74. The maximum absolute atomic E-state index is 11.4. The smallest absolute Gasteiger partial charge is 0.404 e. The third-order valence-electron chi connectivity index (χ3n) is 1.70. The molecule has 88 valence electrons. The van der Waals surface area contributed by atoms with E-state index in [9.17, 15) is 9.59 Å². The summed E-state index contributed by atoms with van der Waals surface area (Å²) < 4.78 is 4.43. The quantitative estimate of drug-likeness (QED) is 0.568. The number of primary amides is 1. The molecule has 0 aliphatic heterocycles. The first-order valence-electron chi connectivity index (χ1n) is 4.75. The zero-order valence-corrected chi connectivity index (χ0v) is 8.82. The van der Waals surface area contributed by atoms with Crippen LogP contribution < -0.4 is 11.1 Å². The first kappa shape index (κ1) is 12.0. The number of nitrogens with one attached hydrogen (secondary N) is 2. The molecule has 1 aromatic heterocycles. The fourth-order valence-corrected chi connectivity index (χ4v) is 0.950. The number of aromatic nitrogens is 3. The highest BCUT2D eigenvalue weighted by atomic mass is 16.5. The third kappa shape index (κ3) is 3.56. The monoisotopic (exact) mass is 227 g/mol. The highest BCUT2D eigenvalue weighted by molar-refractivity contribution is 5.90.